The lowest BCUT2D eigenvalue weighted by atomic mass is 10.1. The number of anilines is 2. The van der Waals surface area contributed by atoms with E-state index in [2.05, 4.69) is 20.8 Å². The zero-order valence-corrected chi connectivity index (χ0v) is 19.9. The van der Waals surface area contributed by atoms with Gasteiger partial charge in [0, 0.05) is 11.4 Å². The topological polar surface area (TPSA) is 71.8 Å². The van der Waals surface area contributed by atoms with Crippen LogP contribution in [0.4, 0.5) is 15.8 Å². The van der Waals surface area contributed by atoms with Gasteiger partial charge in [0.05, 0.1) is 18.8 Å². The summed E-state index contributed by atoms with van der Waals surface area (Å²) in [6, 6.07) is 22.2. The predicted octanol–water partition coefficient (Wildman–Crippen LogP) is 5.43. The number of carbonyl (C=O) groups is 1. The Morgan fingerprint density at radius 3 is 2.53 bits per heavy atom. The smallest absolute Gasteiger partial charge is 0.234 e. The molecule has 0 aliphatic carbocycles. The van der Waals surface area contributed by atoms with Crippen LogP contribution in [0.2, 0.25) is 0 Å². The quantitative estimate of drug-likeness (QED) is 0.316. The summed E-state index contributed by atoms with van der Waals surface area (Å²) in [5.74, 6) is 0.561. The average Bonchev–Trinajstić information content (AvgIpc) is 3.21. The van der Waals surface area contributed by atoms with Crippen LogP contribution >= 0.6 is 11.8 Å². The van der Waals surface area contributed by atoms with Gasteiger partial charge in [0.1, 0.15) is 5.82 Å². The maximum atomic E-state index is 13.2. The molecule has 6 nitrogen and oxygen atoms in total. The third kappa shape index (κ3) is 6.23. The SMILES string of the molecule is Cc1ccc(C)c(NC(=O)CSc2nnc(CNc3ccc(F)cc3)n2Cc2ccccc2)c1. The van der Waals surface area contributed by atoms with E-state index in [-0.39, 0.29) is 17.5 Å². The molecule has 2 N–H and O–H groups in total. The molecule has 1 amide bonds. The van der Waals surface area contributed by atoms with Gasteiger partial charge in [-0.3, -0.25) is 4.79 Å². The molecule has 4 rings (SSSR count). The molecule has 174 valence electrons. The molecule has 0 aliphatic rings. The van der Waals surface area contributed by atoms with Gasteiger partial charge in [0.2, 0.25) is 5.91 Å². The maximum Gasteiger partial charge on any atom is 0.234 e. The summed E-state index contributed by atoms with van der Waals surface area (Å²) in [4.78, 5) is 12.6. The van der Waals surface area contributed by atoms with Gasteiger partial charge in [-0.2, -0.15) is 0 Å². The van der Waals surface area contributed by atoms with Crippen LogP contribution in [0.25, 0.3) is 0 Å². The molecule has 0 aliphatic heterocycles. The Kier molecular flexibility index (Phi) is 7.59. The fourth-order valence-corrected chi connectivity index (χ4v) is 4.17. The van der Waals surface area contributed by atoms with Crippen molar-refractivity contribution in [3.05, 3.63) is 101 Å². The largest absolute Gasteiger partial charge is 0.378 e. The van der Waals surface area contributed by atoms with Crippen molar-refractivity contribution in [2.75, 3.05) is 16.4 Å². The highest BCUT2D eigenvalue weighted by molar-refractivity contribution is 7.99. The normalized spacial score (nSPS) is 10.8. The second kappa shape index (κ2) is 11.0. The van der Waals surface area contributed by atoms with Gasteiger partial charge in [-0.1, -0.05) is 54.2 Å². The molecule has 0 bridgehead atoms. The van der Waals surface area contributed by atoms with Crippen LogP contribution in [-0.2, 0) is 17.9 Å². The van der Waals surface area contributed by atoms with E-state index in [1.54, 1.807) is 12.1 Å². The molecule has 0 atom stereocenters. The molecule has 8 heteroatoms. The Morgan fingerprint density at radius 2 is 1.76 bits per heavy atom. The number of carbonyl (C=O) groups excluding carboxylic acids is 1. The van der Waals surface area contributed by atoms with Gasteiger partial charge in [0.15, 0.2) is 11.0 Å². The number of benzene rings is 3. The summed E-state index contributed by atoms with van der Waals surface area (Å²) in [5, 5.41) is 15.6. The summed E-state index contributed by atoms with van der Waals surface area (Å²) in [5.41, 5.74) is 4.82. The third-order valence-corrected chi connectivity index (χ3v) is 6.24. The van der Waals surface area contributed by atoms with E-state index in [1.165, 1.54) is 23.9 Å². The van der Waals surface area contributed by atoms with Crippen molar-refractivity contribution in [3.63, 3.8) is 0 Å². The van der Waals surface area contributed by atoms with Gasteiger partial charge in [0.25, 0.3) is 0 Å². The molecule has 34 heavy (non-hydrogen) atoms. The molecular weight excluding hydrogens is 449 g/mol. The van der Waals surface area contributed by atoms with Gasteiger partial charge >= 0.3 is 0 Å². The molecule has 3 aromatic carbocycles. The van der Waals surface area contributed by atoms with Gasteiger partial charge in [-0.15, -0.1) is 10.2 Å². The van der Waals surface area contributed by atoms with E-state index in [9.17, 15) is 9.18 Å². The first kappa shape index (κ1) is 23.5. The van der Waals surface area contributed by atoms with Gasteiger partial charge < -0.3 is 15.2 Å². The Labute approximate surface area is 202 Å². The van der Waals surface area contributed by atoms with Crippen LogP contribution in [0.3, 0.4) is 0 Å². The number of thioether (sulfide) groups is 1. The first-order chi connectivity index (χ1) is 16.5. The molecule has 1 heterocycles. The zero-order valence-electron chi connectivity index (χ0n) is 19.1. The fourth-order valence-electron chi connectivity index (χ4n) is 3.42. The second-order valence-electron chi connectivity index (χ2n) is 7.99. The summed E-state index contributed by atoms with van der Waals surface area (Å²) in [6.45, 7) is 4.96. The predicted molar refractivity (Wildman–Crippen MR) is 135 cm³/mol. The number of aryl methyl sites for hydroxylation is 2. The number of aromatic nitrogens is 3. The Hall–Kier alpha value is -3.65. The lowest BCUT2D eigenvalue weighted by Gasteiger charge is -2.12. The highest BCUT2D eigenvalue weighted by Gasteiger charge is 2.15. The van der Waals surface area contributed by atoms with Crippen LogP contribution < -0.4 is 10.6 Å². The number of hydrogen-bond donors (Lipinski definition) is 2. The van der Waals surface area contributed by atoms with E-state index >= 15 is 0 Å². The van der Waals surface area contributed by atoms with Crippen LogP contribution in [-0.4, -0.2) is 26.4 Å². The number of amides is 1. The van der Waals surface area contributed by atoms with E-state index < -0.39 is 0 Å². The highest BCUT2D eigenvalue weighted by Crippen LogP contribution is 2.22. The molecular formula is C26H26FN5OS. The van der Waals surface area contributed by atoms with Crippen molar-refractivity contribution >= 4 is 29.0 Å². The van der Waals surface area contributed by atoms with Crippen molar-refractivity contribution in [2.24, 2.45) is 0 Å². The van der Waals surface area contributed by atoms with Gasteiger partial charge in [-0.25, -0.2) is 4.39 Å². The third-order valence-electron chi connectivity index (χ3n) is 5.27. The summed E-state index contributed by atoms with van der Waals surface area (Å²) >= 11 is 1.35. The molecule has 4 aromatic rings. The van der Waals surface area contributed by atoms with E-state index in [4.69, 9.17) is 0 Å². The minimum absolute atomic E-state index is 0.0982. The molecule has 0 saturated carbocycles. The molecule has 0 spiro atoms. The Morgan fingerprint density at radius 1 is 1.00 bits per heavy atom. The molecule has 0 fully saturated rings. The van der Waals surface area contributed by atoms with Crippen molar-refractivity contribution < 1.29 is 9.18 Å². The first-order valence-corrected chi connectivity index (χ1v) is 11.9. The molecule has 0 radical (unpaired) electrons. The average molecular weight is 476 g/mol. The minimum Gasteiger partial charge on any atom is -0.378 e. The maximum absolute atomic E-state index is 13.2. The molecule has 0 unspecified atom stereocenters. The lowest BCUT2D eigenvalue weighted by molar-refractivity contribution is -0.113. The van der Waals surface area contributed by atoms with Crippen molar-refractivity contribution in [1.82, 2.24) is 14.8 Å². The number of halogens is 1. The van der Waals surface area contributed by atoms with E-state index in [1.807, 2.05) is 66.9 Å². The van der Waals surface area contributed by atoms with Crippen LogP contribution in [0.1, 0.15) is 22.5 Å². The number of nitrogens with one attached hydrogen (secondary N) is 2. The lowest BCUT2D eigenvalue weighted by Crippen LogP contribution is -2.16. The van der Waals surface area contributed by atoms with Crippen LogP contribution in [0.15, 0.2) is 78.0 Å². The monoisotopic (exact) mass is 475 g/mol. The Balaban J connectivity index is 1.47. The summed E-state index contributed by atoms with van der Waals surface area (Å²) in [6.07, 6.45) is 0. The Bertz CT molecular complexity index is 1260. The minimum atomic E-state index is -0.282. The fraction of sp³-hybridized carbons (Fsp3) is 0.192. The number of rotatable bonds is 9. The summed E-state index contributed by atoms with van der Waals surface area (Å²) < 4.78 is 15.2. The molecule has 0 saturated heterocycles. The first-order valence-electron chi connectivity index (χ1n) is 10.9. The highest BCUT2D eigenvalue weighted by atomic mass is 32.2. The van der Waals surface area contributed by atoms with Crippen molar-refractivity contribution in [1.29, 1.82) is 0 Å². The van der Waals surface area contributed by atoms with E-state index in [0.29, 0.717) is 18.2 Å². The number of nitrogens with zero attached hydrogens (tertiary/aromatic N) is 3. The molecule has 1 aromatic heterocycles. The summed E-state index contributed by atoms with van der Waals surface area (Å²) in [7, 11) is 0. The number of hydrogen-bond acceptors (Lipinski definition) is 5. The van der Waals surface area contributed by atoms with Crippen LogP contribution in [0, 0.1) is 19.7 Å². The van der Waals surface area contributed by atoms with Gasteiger partial charge in [-0.05, 0) is 60.9 Å². The standard InChI is InChI=1S/C26H26FN5OS/c1-18-8-9-19(2)23(14-18)29-25(33)17-34-26-31-30-24(15-28-22-12-10-21(27)11-13-22)32(26)16-20-6-4-3-5-7-20/h3-14,28H,15-17H2,1-2H3,(H,29,33). The van der Waals surface area contributed by atoms with Crippen molar-refractivity contribution in [2.45, 2.75) is 32.1 Å². The zero-order chi connectivity index (χ0) is 23.9. The second-order valence-corrected chi connectivity index (χ2v) is 8.93. The van der Waals surface area contributed by atoms with E-state index in [0.717, 1.165) is 33.9 Å². The van der Waals surface area contributed by atoms with Crippen molar-refractivity contribution in [3.8, 4) is 0 Å². The van der Waals surface area contributed by atoms with Crippen LogP contribution in [0.5, 0.6) is 0 Å².